The number of nitrogens with zero attached hydrogens (tertiary/aromatic N) is 3. The van der Waals surface area contributed by atoms with Crippen LogP contribution in [0.3, 0.4) is 0 Å². The first-order chi connectivity index (χ1) is 17.8. The molecule has 37 heavy (non-hydrogen) atoms. The average molecular weight is 520 g/mol. The SMILES string of the molecule is CC1(C)C(=O)Nc2cccc(CCc3nc(Nc4ccc(C5CCCN(CCO)C5)cc4)ncc3Cl)c21. The highest BCUT2D eigenvalue weighted by Crippen LogP contribution is 2.40. The molecule has 3 aromatic rings. The predicted octanol–water partition coefficient (Wildman–Crippen LogP) is 5.06. The van der Waals surface area contributed by atoms with Gasteiger partial charge in [0.1, 0.15) is 0 Å². The number of carbonyl (C=O) groups excluding carboxylic acids is 1. The van der Waals surface area contributed by atoms with Crippen LogP contribution in [0.1, 0.15) is 55.0 Å². The number of anilines is 3. The minimum absolute atomic E-state index is 0.0264. The van der Waals surface area contributed by atoms with Gasteiger partial charge in [0, 0.05) is 24.5 Å². The van der Waals surface area contributed by atoms with Crippen molar-refractivity contribution in [1.29, 1.82) is 0 Å². The van der Waals surface area contributed by atoms with Gasteiger partial charge in [-0.2, -0.15) is 0 Å². The van der Waals surface area contributed by atoms with Gasteiger partial charge in [-0.05, 0) is 86.9 Å². The van der Waals surface area contributed by atoms with Crippen molar-refractivity contribution < 1.29 is 9.90 Å². The van der Waals surface area contributed by atoms with E-state index in [0.29, 0.717) is 23.3 Å². The molecule has 5 rings (SSSR count). The molecule has 1 aromatic heterocycles. The van der Waals surface area contributed by atoms with Crippen LogP contribution in [0.5, 0.6) is 0 Å². The Hall–Kier alpha value is -3.00. The Kier molecular flexibility index (Phi) is 7.47. The second-order valence-electron chi connectivity index (χ2n) is 10.5. The van der Waals surface area contributed by atoms with Gasteiger partial charge in [-0.3, -0.25) is 4.79 Å². The quantitative estimate of drug-likeness (QED) is 0.385. The molecule has 1 unspecified atom stereocenters. The van der Waals surface area contributed by atoms with Crippen molar-refractivity contribution in [3.05, 3.63) is 76.1 Å². The van der Waals surface area contributed by atoms with Crippen molar-refractivity contribution >= 4 is 34.8 Å². The lowest BCUT2D eigenvalue weighted by Gasteiger charge is -2.32. The molecule has 1 saturated heterocycles. The van der Waals surface area contributed by atoms with Gasteiger partial charge in [-0.15, -0.1) is 0 Å². The molecule has 0 aliphatic carbocycles. The highest BCUT2D eigenvalue weighted by Gasteiger charge is 2.39. The van der Waals surface area contributed by atoms with Crippen LogP contribution in [0, 0.1) is 0 Å². The van der Waals surface area contributed by atoms with Crippen LogP contribution in [0.25, 0.3) is 0 Å². The van der Waals surface area contributed by atoms with Gasteiger partial charge in [0.15, 0.2) is 0 Å². The molecule has 1 fully saturated rings. The third kappa shape index (κ3) is 5.49. The maximum atomic E-state index is 12.4. The Morgan fingerprint density at radius 1 is 1.19 bits per heavy atom. The molecule has 7 nitrogen and oxygen atoms in total. The number of aliphatic hydroxyl groups is 1. The lowest BCUT2D eigenvalue weighted by atomic mass is 9.82. The van der Waals surface area contributed by atoms with Gasteiger partial charge in [0.05, 0.1) is 28.9 Å². The number of rotatable bonds is 8. The summed E-state index contributed by atoms with van der Waals surface area (Å²) in [5, 5.41) is 16.1. The van der Waals surface area contributed by atoms with Gasteiger partial charge in [-0.1, -0.05) is 35.9 Å². The number of aromatic nitrogens is 2. The number of β-amino-alcohol motifs (C(OH)–C–C–N with tert-alkyl or cyclic N) is 1. The summed E-state index contributed by atoms with van der Waals surface area (Å²) in [6, 6.07) is 14.5. The van der Waals surface area contributed by atoms with Crippen LogP contribution in [-0.4, -0.2) is 52.1 Å². The van der Waals surface area contributed by atoms with Crippen molar-refractivity contribution in [2.24, 2.45) is 0 Å². The van der Waals surface area contributed by atoms with E-state index in [-0.39, 0.29) is 12.5 Å². The maximum absolute atomic E-state index is 12.4. The first-order valence-corrected chi connectivity index (χ1v) is 13.4. The zero-order valence-electron chi connectivity index (χ0n) is 21.4. The number of piperidine rings is 1. The van der Waals surface area contributed by atoms with Crippen LogP contribution >= 0.6 is 11.6 Å². The minimum Gasteiger partial charge on any atom is -0.395 e. The molecular weight excluding hydrogens is 486 g/mol. The lowest BCUT2D eigenvalue weighted by Crippen LogP contribution is -2.36. The highest BCUT2D eigenvalue weighted by atomic mass is 35.5. The number of halogens is 1. The fraction of sp³-hybridized carbons (Fsp3) is 0.414. The first kappa shape index (κ1) is 25.6. The van der Waals surface area contributed by atoms with E-state index in [9.17, 15) is 9.90 Å². The van der Waals surface area contributed by atoms with E-state index in [4.69, 9.17) is 16.6 Å². The van der Waals surface area contributed by atoms with Crippen LogP contribution in [-0.2, 0) is 23.1 Å². The molecule has 3 heterocycles. The summed E-state index contributed by atoms with van der Waals surface area (Å²) >= 11 is 6.46. The Balaban J connectivity index is 1.26. The maximum Gasteiger partial charge on any atom is 0.234 e. The molecule has 0 radical (unpaired) electrons. The van der Waals surface area contributed by atoms with Gasteiger partial charge in [0.2, 0.25) is 11.9 Å². The van der Waals surface area contributed by atoms with Crippen LogP contribution in [0.2, 0.25) is 5.02 Å². The third-order valence-electron chi connectivity index (χ3n) is 7.60. The minimum atomic E-state index is -0.561. The molecule has 194 valence electrons. The zero-order valence-corrected chi connectivity index (χ0v) is 22.2. The number of carbonyl (C=O) groups is 1. The second-order valence-corrected chi connectivity index (χ2v) is 10.9. The second kappa shape index (κ2) is 10.8. The fourth-order valence-electron chi connectivity index (χ4n) is 5.57. The number of fused-ring (bicyclic) bond motifs is 1. The molecular formula is C29H34ClN5O2. The van der Waals surface area contributed by atoms with Crippen LogP contribution in [0.4, 0.5) is 17.3 Å². The molecule has 2 aliphatic heterocycles. The number of benzene rings is 2. The standard InChI is InChI=1S/C29H34ClN5O2/c1-29(2)26-20(5-3-7-25(26)33-27(29)37)10-13-24-23(30)17-31-28(34-24)32-22-11-8-19(9-12-22)21-6-4-14-35(18-21)15-16-36/h3,5,7-9,11-12,17,21,36H,4,6,10,13-16,18H2,1-2H3,(H,33,37)(H,31,32,34). The van der Waals surface area contributed by atoms with Crippen molar-refractivity contribution in [3.8, 4) is 0 Å². The van der Waals surface area contributed by atoms with E-state index in [0.717, 1.165) is 60.7 Å². The number of hydrogen-bond acceptors (Lipinski definition) is 6. The van der Waals surface area contributed by atoms with Crippen LogP contribution in [0.15, 0.2) is 48.7 Å². The summed E-state index contributed by atoms with van der Waals surface area (Å²) in [6.07, 6.45) is 5.33. The normalized spacial score (nSPS) is 18.9. The van der Waals surface area contributed by atoms with Gasteiger partial charge < -0.3 is 20.6 Å². The molecule has 1 atom stereocenters. The molecule has 0 spiro atoms. The monoisotopic (exact) mass is 519 g/mol. The molecule has 0 bridgehead atoms. The lowest BCUT2D eigenvalue weighted by molar-refractivity contribution is -0.119. The number of likely N-dealkylation sites (tertiary alicyclic amines) is 1. The van der Waals surface area contributed by atoms with Gasteiger partial charge in [-0.25, -0.2) is 9.97 Å². The summed E-state index contributed by atoms with van der Waals surface area (Å²) in [4.78, 5) is 23.9. The number of hydrogen-bond donors (Lipinski definition) is 3. The summed E-state index contributed by atoms with van der Waals surface area (Å²) in [5.41, 5.74) is 5.53. The van der Waals surface area contributed by atoms with Crippen molar-refractivity contribution in [2.75, 3.05) is 36.9 Å². The largest absolute Gasteiger partial charge is 0.395 e. The molecule has 2 aromatic carbocycles. The van der Waals surface area contributed by atoms with Crippen molar-refractivity contribution in [3.63, 3.8) is 0 Å². The third-order valence-corrected chi connectivity index (χ3v) is 7.92. The Labute approximate surface area is 223 Å². The Bertz CT molecular complexity index is 1280. The molecule has 8 heteroatoms. The summed E-state index contributed by atoms with van der Waals surface area (Å²) in [5.74, 6) is 1.02. The predicted molar refractivity (Wildman–Crippen MR) is 148 cm³/mol. The summed E-state index contributed by atoms with van der Waals surface area (Å²) in [7, 11) is 0. The van der Waals surface area contributed by atoms with Gasteiger partial charge >= 0.3 is 0 Å². The fourth-order valence-corrected chi connectivity index (χ4v) is 5.76. The number of amides is 1. The van der Waals surface area contributed by atoms with E-state index < -0.39 is 5.41 Å². The molecule has 2 aliphatic rings. The highest BCUT2D eigenvalue weighted by molar-refractivity contribution is 6.31. The average Bonchev–Trinajstić information content (AvgIpc) is 3.13. The summed E-state index contributed by atoms with van der Waals surface area (Å²) < 4.78 is 0. The number of nitrogens with one attached hydrogen (secondary N) is 2. The van der Waals surface area contributed by atoms with Crippen molar-refractivity contribution in [2.45, 2.75) is 50.9 Å². The number of aryl methyl sites for hydroxylation is 2. The van der Waals surface area contributed by atoms with E-state index in [1.54, 1.807) is 6.20 Å². The van der Waals surface area contributed by atoms with E-state index in [2.05, 4.69) is 50.8 Å². The number of aliphatic hydroxyl groups excluding tert-OH is 1. The van der Waals surface area contributed by atoms with E-state index >= 15 is 0 Å². The first-order valence-electron chi connectivity index (χ1n) is 13.0. The molecule has 3 N–H and O–H groups in total. The van der Waals surface area contributed by atoms with Gasteiger partial charge in [0.25, 0.3) is 0 Å². The Morgan fingerprint density at radius 2 is 2.00 bits per heavy atom. The molecule has 1 amide bonds. The van der Waals surface area contributed by atoms with E-state index in [1.807, 2.05) is 26.0 Å². The van der Waals surface area contributed by atoms with Crippen molar-refractivity contribution in [1.82, 2.24) is 14.9 Å². The summed E-state index contributed by atoms with van der Waals surface area (Å²) in [6.45, 7) is 6.92. The van der Waals surface area contributed by atoms with Crippen LogP contribution < -0.4 is 10.6 Å². The van der Waals surface area contributed by atoms with E-state index in [1.165, 1.54) is 12.0 Å². The zero-order chi connectivity index (χ0) is 26.0. The molecule has 0 saturated carbocycles. The topological polar surface area (TPSA) is 90.4 Å². The smallest absolute Gasteiger partial charge is 0.234 e. The Morgan fingerprint density at radius 3 is 2.78 bits per heavy atom.